The molecule has 204 valence electrons. The number of carbonyl (C=O) groups excluding carboxylic acids is 1. The second-order valence-corrected chi connectivity index (χ2v) is 9.73. The molecule has 0 saturated carbocycles. The van der Waals surface area contributed by atoms with Gasteiger partial charge in [-0.2, -0.15) is 0 Å². The molecule has 1 aromatic carbocycles. The molecule has 0 amide bonds. The molecular formula is C31H51NO4. The fourth-order valence-corrected chi connectivity index (χ4v) is 4.10. The Kier molecular flexibility index (Phi) is 19.4. The number of aliphatic hydroxyl groups excluding tert-OH is 2. The lowest BCUT2D eigenvalue weighted by Crippen LogP contribution is -2.14. The van der Waals surface area contributed by atoms with E-state index in [4.69, 9.17) is 9.84 Å². The number of carbonyl (C=O) groups is 1. The number of nitrogens with one attached hydrogen (secondary N) is 1. The van der Waals surface area contributed by atoms with Crippen molar-refractivity contribution in [3.8, 4) is 5.75 Å². The third-order valence-corrected chi connectivity index (χ3v) is 6.29. The molecule has 1 rings (SSSR count). The number of rotatable bonds is 23. The summed E-state index contributed by atoms with van der Waals surface area (Å²) in [5.41, 5.74) is 1.27. The first-order valence-corrected chi connectivity index (χ1v) is 14.3. The van der Waals surface area contributed by atoms with Crippen LogP contribution in [0.5, 0.6) is 5.75 Å². The van der Waals surface area contributed by atoms with Crippen LogP contribution in [0.25, 0.3) is 5.76 Å². The summed E-state index contributed by atoms with van der Waals surface area (Å²) in [4.78, 5) is 12.1. The van der Waals surface area contributed by atoms with Gasteiger partial charge in [0.15, 0.2) is 5.78 Å². The normalized spacial score (nSPS) is 12.1. The Bertz CT molecular complexity index is 739. The molecule has 0 aliphatic rings. The van der Waals surface area contributed by atoms with Crippen molar-refractivity contribution in [1.29, 1.82) is 0 Å². The second kappa shape index (κ2) is 22.0. The molecule has 36 heavy (non-hydrogen) atoms. The average molecular weight is 502 g/mol. The molecule has 0 aliphatic carbocycles. The third kappa shape index (κ3) is 17.2. The molecule has 0 fully saturated rings. The minimum Gasteiger partial charge on any atom is -0.507 e. The molecular weight excluding hydrogens is 450 g/mol. The smallest absolute Gasteiger partial charge is 0.184 e. The monoisotopic (exact) mass is 501 g/mol. The molecule has 0 saturated heterocycles. The van der Waals surface area contributed by atoms with Gasteiger partial charge >= 0.3 is 0 Å². The summed E-state index contributed by atoms with van der Waals surface area (Å²) < 4.78 is 5.82. The fraction of sp³-hybridized carbons (Fsp3) is 0.645. The largest absolute Gasteiger partial charge is 0.507 e. The number of ketones is 1. The van der Waals surface area contributed by atoms with Crippen LogP contribution in [-0.4, -0.2) is 35.8 Å². The van der Waals surface area contributed by atoms with Gasteiger partial charge in [-0.1, -0.05) is 90.4 Å². The van der Waals surface area contributed by atoms with Gasteiger partial charge in [-0.25, -0.2) is 0 Å². The van der Waals surface area contributed by atoms with Crippen molar-refractivity contribution in [2.75, 3.05) is 19.8 Å². The first-order valence-electron chi connectivity index (χ1n) is 14.3. The van der Waals surface area contributed by atoms with Gasteiger partial charge in [-0.15, -0.1) is 0 Å². The standard InChI is InChI=1S/C31H51NO4/c1-3-4-5-6-7-8-9-10-11-12-13-14-15-16-24-36-30-20-18-28(19-21-30)31(35)26-29(34)25-27(2)32-22-17-23-33/h18-21,25-26,32-33,35H,3-17,22-24H2,1-2H3/b27-25+,31-26-. The maximum absolute atomic E-state index is 12.1. The van der Waals surface area contributed by atoms with Crippen LogP contribution in [0.3, 0.4) is 0 Å². The minimum atomic E-state index is -0.292. The van der Waals surface area contributed by atoms with Crippen LogP contribution in [0.15, 0.2) is 42.1 Å². The number of hydrogen-bond acceptors (Lipinski definition) is 5. The Morgan fingerprint density at radius 2 is 1.33 bits per heavy atom. The van der Waals surface area contributed by atoms with E-state index in [-0.39, 0.29) is 18.1 Å². The van der Waals surface area contributed by atoms with Crippen molar-refractivity contribution in [3.05, 3.63) is 47.7 Å². The third-order valence-electron chi connectivity index (χ3n) is 6.29. The van der Waals surface area contributed by atoms with E-state index < -0.39 is 0 Å². The number of unbranched alkanes of at least 4 members (excludes halogenated alkanes) is 13. The Morgan fingerprint density at radius 1 is 0.806 bits per heavy atom. The van der Waals surface area contributed by atoms with Crippen molar-refractivity contribution in [2.24, 2.45) is 0 Å². The van der Waals surface area contributed by atoms with Crippen LogP contribution < -0.4 is 10.1 Å². The predicted octanol–water partition coefficient (Wildman–Crippen LogP) is 7.89. The highest BCUT2D eigenvalue weighted by molar-refractivity contribution is 6.03. The van der Waals surface area contributed by atoms with Crippen molar-refractivity contribution >= 4 is 11.5 Å². The molecule has 0 aromatic heterocycles. The Morgan fingerprint density at radius 3 is 1.86 bits per heavy atom. The van der Waals surface area contributed by atoms with Crippen LogP contribution >= 0.6 is 0 Å². The van der Waals surface area contributed by atoms with E-state index in [9.17, 15) is 9.90 Å². The molecule has 0 aliphatic heterocycles. The number of aliphatic hydroxyl groups is 2. The van der Waals surface area contributed by atoms with E-state index in [1.165, 1.54) is 95.6 Å². The molecule has 5 heteroatoms. The van der Waals surface area contributed by atoms with E-state index in [0.29, 0.717) is 30.8 Å². The SMILES string of the molecule is CCCCCCCCCCCCCCCCOc1ccc(/C(O)=C/C(=O)/C=C(\C)NCCCO)cc1. The second-order valence-electron chi connectivity index (χ2n) is 9.73. The molecule has 0 atom stereocenters. The lowest BCUT2D eigenvalue weighted by molar-refractivity contribution is -0.110. The van der Waals surface area contributed by atoms with Crippen molar-refractivity contribution in [3.63, 3.8) is 0 Å². The van der Waals surface area contributed by atoms with Crippen LogP contribution in [0.4, 0.5) is 0 Å². The van der Waals surface area contributed by atoms with Crippen LogP contribution in [0.1, 0.15) is 116 Å². The summed E-state index contributed by atoms with van der Waals surface area (Å²) in [7, 11) is 0. The van der Waals surface area contributed by atoms with Crippen LogP contribution in [0.2, 0.25) is 0 Å². The van der Waals surface area contributed by atoms with Gasteiger partial charge in [0.05, 0.1) is 6.61 Å². The molecule has 0 unspecified atom stereocenters. The summed E-state index contributed by atoms with van der Waals surface area (Å²) in [5.74, 6) is 0.411. The maximum Gasteiger partial charge on any atom is 0.184 e. The van der Waals surface area contributed by atoms with Gasteiger partial charge in [0.2, 0.25) is 0 Å². The molecule has 0 radical (unpaired) electrons. The topological polar surface area (TPSA) is 78.8 Å². The molecule has 1 aromatic rings. The van der Waals surface area contributed by atoms with E-state index in [1.807, 2.05) is 12.1 Å². The highest BCUT2D eigenvalue weighted by Crippen LogP contribution is 2.18. The van der Waals surface area contributed by atoms with E-state index >= 15 is 0 Å². The lowest BCUT2D eigenvalue weighted by Gasteiger charge is -2.07. The summed E-state index contributed by atoms with van der Waals surface area (Å²) in [6.07, 6.45) is 22.0. The zero-order valence-electron chi connectivity index (χ0n) is 22.9. The van der Waals surface area contributed by atoms with Gasteiger partial charge in [0.25, 0.3) is 0 Å². The van der Waals surface area contributed by atoms with E-state index in [0.717, 1.165) is 12.2 Å². The zero-order chi connectivity index (χ0) is 26.3. The highest BCUT2D eigenvalue weighted by atomic mass is 16.5. The number of allylic oxidation sites excluding steroid dienone is 3. The summed E-state index contributed by atoms with van der Waals surface area (Å²) in [6, 6.07) is 7.17. The summed E-state index contributed by atoms with van der Waals surface area (Å²) >= 11 is 0. The van der Waals surface area contributed by atoms with Crippen molar-refractivity contribution < 1.29 is 19.7 Å². The van der Waals surface area contributed by atoms with E-state index in [2.05, 4.69) is 12.2 Å². The number of hydrogen-bond donors (Lipinski definition) is 3. The van der Waals surface area contributed by atoms with Crippen LogP contribution in [0, 0.1) is 0 Å². The number of benzene rings is 1. The van der Waals surface area contributed by atoms with Gasteiger partial charge in [0, 0.05) is 36.6 Å². The zero-order valence-corrected chi connectivity index (χ0v) is 22.9. The quantitative estimate of drug-likeness (QED) is 0.0807. The van der Waals surface area contributed by atoms with Gasteiger partial charge in [-0.05, 0) is 44.0 Å². The Labute approximate surface area is 220 Å². The molecule has 3 N–H and O–H groups in total. The van der Waals surface area contributed by atoms with Gasteiger partial charge < -0.3 is 20.3 Å². The highest BCUT2D eigenvalue weighted by Gasteiger charge is 2.04. The Hall–Kier alpha value is -2.27. The number of ether oxygens (including phenoxy) is 1. The van der Waals surface area contributed by atoms with Gasteiger partial charge in [0.1, 0.15) is 11.5 Å². The molecule has 0 bridgehead atoms. The lowest BCUT2D eigenvalue weighted by atomic mass is 10.0. The summed E-state index contributed by atoms with van der Waals surface area (Å²) in [5, 5.41) is 22.1. The summed E-state index contributed by atoms with van der Waals surface area (Å²) in [6.45, 7) is 5.46. The maximum atomic E-state index is 12.1. The minimum absolute atomic E-state index is 0.0714. The fourth-order valence-electron chi connectivity index (χ4n) is 4.10. The molecule has 5 nitrogen and oxygen atoms in total. The van der Waals surface area contributed by atoms with Crippen molar-refractivity contribution in [1.82, 2.24) is 5.32 Å². The predicted molar refractivity (Wildman–Crippen MR) is 151 cm³/mol. The molecule has 0 heterocycles. The first kappa shape index (κ1) is 31.8. The van der Waals surface area contributed by atoms with Gasteiger partial charge in [-0.3, -0.25) is 4.79 Å². The average Bonchev–Trinajstić information content (AvgIpc) is 2.86. The van der Waals surface area contributed by atoms with Crippen molar-refractivity contribution in [2.45, 2.75) is 110 Å². The first-order chi connectivity index (χ1) is 17.6. The van der Waals surface area contributed by atoms with E-state index in [1.54, 1.807) is 19.1 Å². The molecule has 0 spiro atoms. The van der Waals surface area contributed by atoms with Crippen LogP contribution in [-0.2, 0) is 4.79 Å². The Balaban J connectivity index is 2.12.